The van der Waals surface area contributed by atoms with Gasteiger partial charge in [0.25, 0.3) is 5.91 Å². The molecule has 1 saturated carbocycles. The maximum atomic E-state index is 12.6. The Morgan fingerprint density at radius 1 is 1.12 bits per heavy atom. The Labute approximate surface area is 154 Å². The van der Waals surface area contributed by atoms with E-state index in [4.69, 9.17) is 0 Å². The summed E-state index contributed by atoms with van der Waals surface area (Å²) in [5, 5.41) is 3.45. The number of hydrogen-bond acceptors (Lipinski definition) is 5. The van der Waals surface area contributed by atoms with Gasteiger partial charge in [0.05, 0.1) is 0 Å². The lowest BCUT2D eigenvalue weighted by Gasteiger charge is -2.32. The Balaban J connectivity index is 1.49. The smallest absolute Gasteiger partial charge is 0.253 e. The molecular weight excluding hydrogens is 326 g/mol. The summed E-state index contributed by atoms with van der Waals surface area (Å²) in [6.45, 7) is 5.45. The molecule has 2 aromatic rings. The van der Waals surface area contributed by atoms with Crippen molar-refractivity contribution in [2.24, 2.45) is 0 Å². The first-order chi connectivity index (χ1) is 12.6. The highest BCUT2D eigenvalue weighted by Gasteiger charge is 2.23. The van der Waals surface area contributed by atoms with Crippen LogP contribution in [0.1, 0.15) is 28.8 Å². The van der Waals surface area contributed by atoms with Gasteiger partial charge in [0.2, 0.25) is 0 Å². The highest BCUT2D eigenvalue weighted by atomic mass is 16.2. The van der Waals surface area contributed by atoms with Crippen LogP contribution in [0.25, 0.3) is 11.4 Å². The minimum atomic E-state index is 0.102. The molecule has 1 aliphatic heterocycles. The van der Waals surface area contributed by atoms with Crippen molar-refractivity contribution in [2.45, 2.75) is 25.8 Å². The SMILES string of the molecule is Cc1cnc(-c2ccc(C(=O)N3CCN(C)CC3)cc2)nc1NC1CC1. The second-order valence-electron chi connectivity index (χ2n) is 7.32. The molecule has 1 saturated heterocycles. The molecule has 6 nitrogen and oxygen atoms in total. The Bertz CT molecular complexity index is 792. The molecule has 1 aromatic heterocycles. The Hall–Kier alpha value is -2.47. The zero-order chi connectivity index (χ0) is 18.1. The molecule has 136 valence electrons. The molecule has 6 heteroatoms. The fourth-order valence-electron chi connectivity index (χ4n) is 3.10. The van der Waals surface area contributed by atoms with Crippen LogP contribution in [0.3, 0.4) is 0 Å². The summed E-state index contributed by atoms with van der Waals surface area (Å²) in [4.78, 5) is 25.9. The first-order valence-electron chi connectivity index (χ1n) is 9.28. The van der Waals surface area contributed by atoms with Crippen LogP contribution in [-0.4, -0.2) is 64.9 Å². The molecule has 1 aromatic carbocycles. The largest absolute Gasteiger partial charge is 0.367 e. The van der Waals surface area contributed by atoms with Crippen LogP contribution in [-0.2, 0) is 0 Å². The van der Waals surface area contributed by atoms with E-state index < -0.39 is 0 Å². The number of likely N-dealkylation sites (N-methyl/N-ethyl adjacent to an activating group) is 1. The number of piperazine rings is 1. The first kappa shape index (κ1) is 17.0. The normalized spacial score (nSPS) is 18.0. The van der Waals surface area contributed by atoms with Gasteiger partial charge in [-0.15, -0.1) is 0 Å². The van der Waals surface area contributed by atoms with Crippen LogP contribution in [0.5, 0.6) is 0 Å². The molecular formula is C20H25N5O. The number of amides is 1. The van der Waals surface area contributed by atoms with Gasteiger partial charge >= 0.3 is 0 Å². The number of anilines is 1. The van der Waals surface area contributed by atoms with E-state index in [1.165, 1.54) is 12.8 Å². The van der Waals surface area contributed by atoms with Crippen molar-refractivity contribution >= 4 is 11.7 Å². The summed E-state index contributed by atoms with van der Waals surface area (Å²) in [7, 11) is 2.09. The van der Waals surface area contributed by atoms with Crippen LogP contribution in [0.15, 0.2) is 30.5 Å². The van der Waals surface area contributed by atoms with Crippen molar-refractivity contribution < 1.29 is 4.79 Å². The molecule has 1 aliphatic carbocycles. The number of hydrogen-bond donors (Lipinski definition) is 1. The Morgan fingerprint density at radius 3 is 2.46 bits per heavy atom. The molecule has 1 N–H and O–H groups in total. The third kappa shape index (κ3) is 3.70. The summed E-state index contributed by atoms with van der Waals surface area (Å²) in [5.41, 5.74) is 2.71. The van der Waals surface area contributed by atoms with Crippen LogP contribution in [0.4, 0.5) is 5.82 Å². The summed E-state index contributed by atoms with van der Waals surface area (Å²) in [5.74, 6) is 1.71. The maximum absolute atomic E-state index is 12.6. The van der Waals surface area contributed by atoms with E-state index in [1.54, 1.807) is 0 Å². The number of carbonyl (C=O) groups excluding carboxylic acids is 1. The fourth-order valence-corrected chi connectivity index (χ4v) is 3.10. The average Bonchev–Trinajstić information content (AvgIpc) is 3.48. The first-order valence-corrected chi connectivity index (χ1v) is 9.28. The topological polar surface area (TPSA) is 61.4 Å². The molecule has 2 aliphatic rings. The molecule has 4 rings (SSSR count). The van der Waals surface area contributed by atoms with Crippen molar-refractivity contribution in [2.75, 3.05) is 38.5 Å². The van der Waals surface area contributed by atoms with Crippen LogP contribution >= 0.6 is 0 Å². The minimum Gasteiger partial charge on any atom is -0.367 e. The van der Waals surface area contributed by atoms with Crippen molar-refractivity contribution in [3.05, 3.63) is 41.6 Å². The van der Waals surface area contributed by atoms with E-state index >= 15 is 0 Å². The van der Waals surface area contributed by atoms with Gasteiger partial charge in [0, 0.05) is 55.1 Å². The van der Waals surface area contributed by atoms with Gasteiger partial charge in [0.1, 0.15) is 5.82 Å². The summed E-state index contributed by atoms with van der Waals surface area (Å²) in [6.07, 6.45) is 4.28. The van der Waals surface area contributed by atoms with Gasteiger partial charge in [-0.1, -0.05) is 12.1 Å². The van der Waals surface area contributed by atoms with E-state index in [0.717, 1.165) is 48.7 Å². The average molecular weight is 351 g/mol. The molecule has 0 unspecified atom stereocenters. The molecule has 26 heavy (non-hydrogen) atoms. The zero-order valence-electron chi connectivity index (χ0n) is 15.4. The quantitative estimate of drug-likeness (QED) is 0.917. The second-order valence-corrected chi connectivity index (χ2v) is 7.32. The van der Waals surface area contributed by atoms with Gasteiger partial charge in [-0.25, -0.2) is 9.97 Å². The number of benzene rings is 1. The van der Waals surface area contributed by atoms with Gasteiger partial charge in [-0.3, -0.25) is 4.79 Å². The minimum absolute atomic E-state index is 0.102. The third-order valence-electron chi connectivity index (χ3n) is 5.07. The van der Waals surface area contributed by atoms with E-state index in [1.807, 2.05) is 42.3 Å². The van der Waals surface area contributed by atoms with Gasteiger partial charge < -0.3 is 15.1 Å². The van der Waals surface area contributed by atoms with Crippen molar-refractivity contribution in [1.82, 2.24) is 19.8 Å². The fraction of sp³-hybridized carbons (Fsp3) is 0.450. The highest BCUT2D eigenvalue weighted by molar-refractivity contribution is 5.94. The van der Waals surface area contributed by atoms with Crippen LogP contribution in [0, 0.1) is 6.92 Å². The van der Waals surface area contributed by atoms with Crippen molar-refractivity contribution in [1.29, 1.82) is 0 Å². The standard InChI is InChI=1S/C20H25N5O/c1-14-13-21-19(23-18(14)22-17-7-8-17)15-3-5-16(6-4-15)20(26)25-11-9-24(2)10-12-25/h3-6,13,17H,7-12H2,1-2H3,(H,21,22,23). The molecule has 1 amide bonds. The summed E-state index contributed by atoms with van der Waals surface area (Å²) >= 11 is 0. The molecule has 0 radical (unpaired) electrons. The zero-order valence-corrected chi connectivity index (χ0v) is 15.4. The third-order valence-corrected chi connectivity index (χ3v) is 5.07. The maximum Gasteiger partial charge on any atom is 0.253 e. The van der Waals surface area contributed by atoms with E-state index in [0.29, 0.717) is 11.9 Å². The molecule has 0 atom stereocenters. The predicted molar refractivity (Wildman–Crippen MR) is 102 cm³/mol. The van der Waals surface area contributed by atoms with Crippen LogP contribution in [0.2, 0.25) is 0 Å². The Kier molecular flexibility index (Phi) is 4.59. The van der Waals surface area contributed by atoms with Crippen molar-refractivity contribution in [3.63, 3.8) is 0 Å². The second kappa shape index (κ2) is 7.03. The van der Waals surface area contributed by atoms with E-state index in [9.17, 15) is 4.79 Å². The van der Waals surface area contributed by atoms with E-state index in [-0.39, 0.29) is 5.91 Å². The van der Waals surface area contributed by atoms with Gasteiger partial charge in [-0.2, -0.15) is 0 Å². The number of aryl methyl sites for hydroxylation is 1. The lowest BCUT2D eigenvalue weighted by Crippen LogP contribution is -2.47. The monoisotopic (exact) mass is 351 g/mol. The lowest BCUT2D eigenvalue weighted by molar-refractivity contribution is 0.0664. The number of rotatable bonds is 4. The molecule has 0 spiro atoms. The summed E-state index contributed by atoms with van der Waals surface area (Å²) < 4.78 is 0. The van der Waals surface area contributed by atoms with E-state index in [2.05, 4.69) is 27.2 Å². The number of carbonyl (C=O) groups is 1. The van der Waals surface area contributed by atoms with Crippen LogP contribution < -0.4 is 5.32 Å². The number of aromatic nitrogens is 2. The van der Waals surface area contributed by atoms with Gasteiger partial charge in [-0.05, 0) is 38.9 Å². The number of nitrogens with zero attached hydrogens (tertiary/aromatic N) is 4. The molecule has 0 bridgehead atoms. The number of nitrogens with one attached hydrogen (secondary N) is 1. The Morgan fingerprint density at radius 2 is 1.81 bits per heavy atom. The molecule has 2 fully saturated rings. The lowest BCUT2D eigenvalue weighted by atomic mass is 10.1. The van der Waals surface area contributed by atoms with Crippen molar-refractivity contribution in [3.8, 4) is 11.4 Å². The van der Waals surface area contributed by atoms with Gasteiger partial charge in [0.15, 0.2) is 5.82 Å². The molecule has 2 heterocycles. The predicted octanol–water partition coefficient (Wildman–Crippen LogP) is 2.41. The highest BCUT2D eigenvalue weighted by Crippen LogP contribution is 2.26. The summed E-state index contributed by atoms with van der Waals surface area (Å²) in [6, 6.07) is 8.20.